The summed E-state index contributed by atoms with van der Waals surface area (Å²) < 4.78 is 18.5. The van der Waals surface area contributed by atoms with Gasteiger partial charge in [0.2, 0.25) is 0 Å². The average molecular weight is 270 g/mol. The minimum atomic E-state index is -0.314. The summed E-state index contributed by atoms with van der Waals surface area (Å²) in [7, 11) is 0. The van der Waals surface area contributed by atoms with Gasteiger partial charge in [0.25, 0.3) is 0 Å². The number of halogens is 1. The number of hydrogen-bond donors (Lipinski definition) is 1. The van der Waals surface area contributed by atoms with Crippen molar-refractivity contribution in [1.82, 2.24) is 0 Å². The Morgan fingerprint density at radius 1 is 1.10 bits per heavy atom. The summed E-state index contributed by atoms with van der Waals surface area (Å²) in [5, 5.41) is 8.68. The van der Waals surface area contributed by atoms with Crippen molar-refractivity contribution in [2.75, 3.05) is 6.61 Å². The third kappa shape index (κ3) is 4.42. The standard InChI is InChI=1S/C17H15FO2/c18-16-8-4-9-17(12-16)20-13-15-7-3-6-14(11-15)5-1-2-10-19/h3-4,6-9,11-12,19H,2,10,13H2. The Labute approximate surface area is 117 Å². The lowest BCUT2D eigenvalue weighted by Gasteiger charge is -2.06. The maximum absolute atomic E-state index is 13.0. The molecule has 2 rings (SSSR count). The first-order chi connectivity index (χ1) is 9.78. The van der Waals surface area contributed by atoms with Gasteiger partial charge in [-0.05, 0) is 29.8 Å². The molecule has 0 heterocycles. The minimum absolute atomic E-state index is 0.0649. The molecular formula is C17H15FO2. The van der Waals surface area contributed by atoms with Crippen LogP contribution < -0.4 is 4.74 Å². The second-order valence-corrected chi connectivity index (χ2v) is 4.22. The predicted molar refractivity (Wildman–Crippen MR) is 75.8 cm³/mol. The molecule has 0 saturated heterocycles. The van der Waals surface area contributed by atoms with Crippen molar-refractivity contribution in [2.24, 2.45) is 0 Å². The van der Waals surface area contributed by atoms with E-state index in [0.717, 1.165) is 11.1 Å². The Bertz CT molecular complexity index is 626. The molecule has 0 unspecified atom stereocenters. The molecule has 0 bridgehead atoms. The van der Waals surface area contributed by atoms with Gasteiger partial charge in [-0.25, -0.2) is 4.39 Å². The first-order valence-corrected chi connectivity index (χ1v) is 6.35. The lowest BCUT2D eigenvalue weighted by atomic mass is 10.1. The van der Waals surface area contributed by atoms with E-state index in [9.17, 15) is 4.39 Å². The van der Waals surface area contributed by atoms with Gasteiger partial charge in [0.05, 0.1) is 6.61 Å². The number of benzene rings is 2. The van der Waals surface area contributed by atoms with Gasteiger partial charge in [-0.15, -0.1) is 0 Å². The normalized spacial score (nSPS) is 9.70. The Morgan fingerprint density at radius 2 is 1.95 bits per heavy atom. The van der Waals surface area contributed by atoms with E-state index in [4.69, 9.17) is 9.84 Å². The molecule has 2 aromatic carbocycles. The van der Waals surface area contributed by atoms with Crippen molar-refractivity contribution in [1.29, 1.82) is 0 Å². The van der Waals surface area contributed by atoms with E-state index in [1.54, 1.807) is 12.1 Å². The van der Waals surface area contributed by atoms with Crippen LogP contribution in [0.2, 0.25) is 0 Å². The van der Waals surface area contributed by atoms with Crippen LogP contribution in [-0.4, -0.2) is 11.7 Å². The molecule has 20 heavy (non-hydrogen) atoms. The third-order valence-corrected chi connectivity index (χ3v) is 2.60. The van der Waals surface area contributed by atoms with Crippen LogP contribution in [0.25, 0.3) is 0 Å². The molecule has 2 nitrogen and oxygen atoms in total. The highest BCUT2D eigenvalue weighted by Crippen LogP contribution is 2.14. The molecule has 0 aliphatic rings. The Morgan fingerprint density at radius 3 is 2.75 bits per heavy atom. The molecule has 1 N–H and O–H groups in total. The molecule has 2 aromatic rings. The van der Waals surface area contributed by atoms with Crippen LogP contribution in [0.1, 0.15) is 17.5 Å². The average Bonchev–Trinajstić information content (AvgIpc) is 2.46. The van der Waals surface area contributed by atoms with Gasteiger partial charge in [-0.2, -0.15) is 0 Å². The van der Waals surface area contributed by atoms with Gasteiger partial charge in [-0.3, -0.25) is 0 Å². The zero-order chi connectivity index (χ0) is 14.2. The number of ether oxygens (including phenoxy) is 1. The monoisotopic (exact) mass is 270 g/mol. The number of rotatable bonds is 4. The van der Waals surface area contributed by atoms with Crippen LogP contribution in [0.4, 0.5) is 4.39 Å². The summed E-state index contributed by atoms with van der Waals surface area (Å²) in [6.45, 7) is 0.425. The highest BCUT2D eigenvalue weighted by Gasteiger charge is 1.98. The van der Waals surface area contributed by atoms with Crippen LogP contribution in [0, 0.1) is 17.7 Å². The van der Waals surface area contributed by atoms with Gasteiger partial charge in [-0.1, -0.05) is 30.0 Å². The number of aliphatic hydroxyl groups is 1. The highest BCUT2D eigenvalue weighted by atomic mass is 19.1. The van der Waals surface area contributed by atoms with Crippen molar-refractivity contribution in [2.45, 2.75) is 13.0 Å². The molecule has 3 heteroatoms. The molecular weight excluding hydrogens is 255 g/mol. The lowest BCUT2D eigenvalue weighted by Crippen LogP contribution is -1.96. The molecule has 102 valence electrons. The van der Waals surface area contributed by atoms with Gasteiger partial charge in [0.15, 0.2) is 0 Å². The maximum Gasteiger partial charge on any atom is 0.126 e. The van der Waals surface area contributed by atoms with E-state index in [1.807, 2.05) is 24.3 Å². The smallest absolute Gasteiger partial charge is 0.126 e. The van der Waals surface area contributed by atoms with Gasteiger partial charge in [0.1, 0.15) is 18.2 Å². The molecule has 0 saturated carbocycles. The van der Waals surface area contributed by atoms with Gasteiger partial charge < -0.3 is 9.84 Å². The fourth-order valence-electron chi connectivity index (χ4n) is 1.68. The highest BCUT2D eigenvalue weighted by molar-refractivity contribution is 5.37. The second-order valence-electron chi connectivity index (χ2n) is 4.22. The van der Waals surface area contributed by atoms with Crippen molar-refractivity contribution >= 4 is 0 Å². The molecule has 0 fully saturated rings. The summed E-state index contributed by atoms with van der Waals surface area (Å²) in [6, 6.07) is 13.7. The maximum atomic E-state index is 13.0. The van der Waals surface area contributed by atoms with E-state index in [2.05, 4.69) is 11.8 Å². The van der Waals surface area contributed by atoms with E-state index in [-0.39, 0.29) is 12.4 Å². The van der Waals surface area contributed by atoms with E-state index in [0.29, 0.717) is 18.8 Å². The van der Waals surface area contributed by atoms with Crippen molar-refractivity contribution in [3.8, 4) is 17.6 Å². The summed E-state index contributed by atoms with van der Waals surface area (Å²) in [6.07, 6.45) is 0.462. The fraction of sp³-hybridized carbons (Fsp3) is 0.176. The van der Waals surface area contributed by atoms with Crippen molar-refractivity contribution in [3.63, 3.8) is 0 Å². The molecule has 0 amide bonds. The largest absolute Gasteiger partial charge is 0.489 e. The Balaban J connectivity index is 2.00. The summed E-state index contributed by atoms with van der Waals surface area (Å²) in [5.74, 6) is 6.02. The molecule has 0 spiro atoms. The summed E-state index contributed by atoms with van der Waals surface area (Å²) in [4.78, 5) is 0. The van der Waals surface area contributed by atoms with Crippen molar-refractivity contribution in [3.05, 3.63) is 65.5 Å². The lowest BCUT2D eigenvalue weighted by molar-refractivity contribution is 0.304. The number of aliphatic hydroxyl groups excluding tert-OH is 1. The van der Waals surface area contributed by atoms with E-state index in [1.165, 1.54) is 12.1 Å². The van der Waals surface area contributed by atoms with Crippen LogP contribution in [0.15, 0.2) is 48.5 Å². The van der Waals surface area contributed by atoms with Gasteiger partial charge >= 0.3 is 0 Å². The summed E-state index contributed by atoms with van der Waals surface area (Å²) in [5.41, 5.74) is 1.84. The van der Waals surface area contributed by atoms with Crippen molar-refractivity contribution < 1.29 is 14.2 Å². The fourth-order valence-corrected chi connectivity index (χ4v) is 1.68. The third-order valence-electron chi connectivity index (χ3n) is 2.60. The topological polar surface area (TPSA) is 29.5 Å². The zero-order valence-electron chi connectivity index (χ0n) is 11.0. The van der Waals surface area contributed by atoms with Crippen LogP contribution >= 0.6 is 0 Å². The van der Waals surface area contributed by atoms with Crippen LogP contribution in [0.3, 0.4) is 0 Å². The second kappa shape index (κ2) is 7.32. The van der Waals surface area contributed by atoms with Crippen LogP contribution in [0.5, 0.6) is 5.75 Å². The van der Waals surface area contributed by atoms with E-state index >= 15 is 0 Å². The molecule has 0 aliphatic heterocycles. The first-order valence-electron chi connectivity index (χ1n) is 6.35. The van der Waals surface area contributed by atoms with Gasteiger partial charge in [0, 0.05) is 18.1 Å². The Hall–Kier alpha value is -2.31. The minimum Gasteiger partial charge on any atom is -0.489 e. The Kier molecular flexibility index (Phi) is 5.16. The quantitative estimate of drug-likeness (QED) is 0.865. The SMILES string of the molecule is OCCC#Cc1cccc(COc2cccc(F)c2)c1. The van der Waals surface area contributed by atoms with Crippen LogP contribution in [-0.2, 0) is 6.61 Å². The molecule has 0 radical (unpaired) electrons. The molecule has 0 atom stereocenters. The molecule has 0 aromatic heterocycles. The predicted octanol–water partition coefficient (Wildman–Crippen LogP) is 3.14. The first kappa shape index (κ1) is 14.1. The molecule has 0 aliphatic carbocycles. The summed E-state index contributed by atoms with van der Waals surface area (Å²) >= 11 is 0. The number of hydrogen-bond acceptors (Lipinski definition) is 2. The van der Waals surface area contributed by atoms with E-state index < -0.39 is 0 Å². The zero-order valence-corrected chi connectivity index (χ0v) is 11.0.